The molecule has 1 saturated heterocycles. The Hall–Kier alpha value is -2.24. The highest BCUT2D eigenvalue weighted by atomic mass is 16.5. The number of hydrogen-bond donors (Lipinski definition) is 1. The lowest BCUT2D eigenvalue weighted by Gasteiger charge is -2.26. The van der Waals surface area contributed by atoms with Crippen molar-refractivity contribution >= 4 is 22.9 Å². The molecule has 0 atom stereocenters. The number of fused-ring (bicyclic) bond motifs is 1. The quantitative estimate of drug-likeness (QED) is 0.854. The van der Waals surface area contributed by atoms with E-state index in [1.165, 1.54) is 0 Å². The zero-order chi connectivity index (χ0) is 15.9. The number of pyridine rings is 1. The molecule has 5 nitrogen and oxygen atoms in total. The smallest absolute Gasteiger partial charge is 0.244 e. The summed E-state index contributed by atoms with van der Waals surface area (Å²) in [6.45, 7) is 4.94. The van der Waals surface area contributed by atoms with Crippen molar-refractivity contribution in [1.82, 2.24) is 15.2 Å². The lowest BCUT2D eigenvalue weighted by Crippen LogP contribution is -2.41. The minimum atomic E-state index is -0.0776. The summed E-state index contributed by atoms with van der Waals surface area (Å²) >= 11 is 0. The summed E-state index contributed by atoms with van der Waals surface area (Å²) in [6, 6.07) is 9.88. The number of carbonyl (C=O) groups excluding carboxylic acids is 1. The summed E-state index contributed by atoms with van der Waals surface area (Å²) in [7, 11) is 0. The fourth-order valence-electron chi connectivity index (χ4n) is 2.65. The Morgan fingerprint density at radius 2 is 2.09 bits per heavy atom. The van der Waals surface area contributed by atoms with Crippen molar-refractivity contribution in [3.8, 4) is 0 Å². The molecule has 0 radical (unpaired) electrons. The van der Waals surface area contributed by atoms with Crippen LogP contribution >= 0.6 is 0 Å². The topological polar surface area (TPSA) is 54.5 Å². The first kappa shape index (κ1) is 15.6. The molecule has 1 N–H and O–H groups in total. The highest BCUT2D eigenvalue weighted by Gasteiger charge is 2.09. The molecule has 2 heterocycles. The molecule has 0 saturated carbocycles. The van der Waals surface area contributed by atoms with E-state index in [4.69, 9.17) is 4.74 Å². The van der Waals surface area contributed by atoms with Gasteiger partial charge in [-0.25, -0.2) is 0 Å². The van der Waals surface area contributed by atoms with E-state index in [0.717, 1.165) is 49.3 Å². The van der Waals surface area contributed by atoms with E-state index in [-0.39, 0.29) is 5.91 Å². The summed E-state index contributed by atoms with van der Waals surface area (Å²) in [5.41, 5.74) is 1.86. The fraction of sp³-hybridized carbons (Fsp3) is 0.333. The molecule has 23 heavy (non-hydrogen) atoms. The van der Waals surface area contributed by atoms with E-state index < -0.39 is 0 Å². The molecule has 120 valence electrons. The number of carbonyl (C=O) groups is 1. The highest BCUT2D eigenvalue weighted by Crippen LogP contribution is 2.16. The molecule has 1 aromatic heterocycles. The molecule has 1 aliphatic heterocycles. The molecular weight excluding hydrogens is 290 g/mol. The second-order valence-corrected chi connectivity index (χ2v) is 5.50. The number of rotatable bonds is 5. The van der Waals surface area contributed by atoms with Crippen LogP contribution in [0, 0.1) is 0 Å². The van der Waals surface area contributed by atoms with Crippen LogP contribution in [0.25, 0.3) is 17.0 Å². The van der Waals surface area contributed by atoms with E-state index in [9.17, 15) is 4.79 Å². The maximum absolute atomic E-state index is 11.9. The van der Waals surface area contributed by atoms with Crippen molar-refractivity contribution in [2.45, 2.75) is 0 Å². The number of ether oxygens (including phenoxy) is 1. The first-order chi connectivity index (χ1) is 11.3. The van der Waals surface area contributed by atoms with Crippen molar-refractivity contribution in [3.05, 3.63) is 48.2 Å². The van der Waals surface area contributed by atoms with Crippen LogP contribution in [0.15, 0.2) is 42.6 Å². The maximum atomic E-state index is 11.9. The van der Waals surface area contributed by atoms with Crippen molar-refractivity contribution < 1.29 is 9.53 Å². The van der Waals surface area contributed by atoms with Crippen molar-refractivity contribution in [2.24, 2.45) is 0 Å². The van der Waals surface area contributed by atoms with E-state index in [1.807, 2.05) is 36.4 Å². The normalized spacial score (nSPS) is 16.0. The van der Waals surface area contributed by atoms with Crippen LogP contribution in [0.2, 0.25) is 0 Å². The molecule has 0 spiro atoms. The Morgan fingerprint density at radius 3 is 2.96 bits per heavy atom. The molecule has 0 bridgehead atoms. The van der Waals surface area contributed by atoms with Crippen molar-refractivity contribution in [2.75, 3.05) is 39.4 Å². The number of benzene rings is 1. The highest BCUT2D eigenvalue weighted by molar-refractivity contribution is 5.95. The monoisotopic (exact) mass is 311 g/mol. The minimum absolute atomic E-state index is 0.0776. The predicted molar refractivity (Wildman–Crippen MR) is 91.0 cm³/mol. The van der Waals surface area contributed by atoms with Gasteiger partial charge < -0.3 is 10.1 Å². The van der Waals surface area contributed by atoms with Crippen LogP contribution in [0.1, 0.15) is 5.56 Å². The van der Waals surface area contributed by atoms with Gasteiger partial charge in [0.1, 0.15) is 0 Å². The van der Waals surface area contributed by atoms with E-state index in [1.54, 1.807) is 12.3 Å². The van der Waals surface area contributed by atoms with Gasteiger partial charge in [-0.2, -0.15) is 0 Å². The summed E-state index contributed by atoms with van der Waals surface area (Å²) in [5.74, 6) is -0.0776. The lowest BCUT2D eigenvalue weighted by atomic mass is 10.1. The average Bonchev–Trinajstić information content (AvgIpc) is 2.61. The molecule has 2 aromatic rings. The largest absolute Gasteiger partial charge is 0.379 e. The number of amides is 1. The van der Waals surface area contributed by atoms with Crippen LogP contribution in [-0.4, -0.2) is 55.2 Å². The third-order valence-corrected chi connectivity index (χ3v) is 3.91. The van der Waals surface area contributed by atoms with Gasteiger partial charge in [0, 0.05) is 49.4 Å². The van der Waals surface area contributed by atoms with Gasteiger partial charge in [0.15, 0.2) is 0 Å². The molecule has 5 heteroatoms. The second kappa shape index (κ2) is 7.85. The number of hydrogen-bond acceptors (Lipinski definition) is 4. The minimum Gasteiger partial charge on any atom is -0.379 e. The molecular formula is C18H21N3O2. The van der Waals surface area contributed by atoms with Gasteiger partial charge in [-0.3, -0.25) is 14.7 Å². The Labute approximate surface area is 136 Å². The molecule has 1 amide bonds. The summed E-state index contributed by atoms with van der Waals surface area (Å²) in [5, 5.41) is 3.99. The van der Waals surface area contributed by atoms with Gasteiger partial charge in [0.05, 0.1) is 18.7 Å². The van der Waals surface area contributed by atoms with Crippen molar-refractivity contribution in [1.29, 1.82) is 0 Å². The molecule has 1 aromatic carbocycles. The van der Waals surface area contributed by atoms with E-state index in [0.29, 0.717) is 6.54 Å². The predicted octanol–water partition coefficient (Wildman–Crippen LogP) is 1.70. The summed E-state index contributed by atoms with van der Waals surface area (Å²) in [6.07, 6.45) is 5.16. The van der Waals surface area contributed by atoms with Gasteiger partial charge in [-0.1, -0.05) is 24.3 Å². The standard InChI is InChI=1S/C18H21N3O2/c22-17(19-9-10-21-11-13-23-14-12-21)7-6-16-4-1-3-15-5-2-8-20-18(15)16/h1-8H,9-14H2,(H,19,22)/b7-6-. The van der Waals surface area contributed by atoms with Gasteiger partial charge in [0.2, 0.25) is 5.91 Å². The van der Waals surface area contributed by atoms with E-state index in [2.05, 4.69) is 15.2 Å². The Morgan fingerprint density at radius 1 is 1.26 bits per heavy atom. The van der Waals surface area contributed by atoms with Crippen LogP contribution < -0.4 is 5.32 Å². The molecule has 0 aliphatic carbocycles. The second-order valence-electron chi connectivity index (χ2n) is 5.50. The van der Waals surface area contributed by atoms with Gasteiger partial charge in [-0.15, -0.1) is 0 Å². The number of nitrogens with zero attached hydrogens (tertiary/aromatic N) is 2. The van der Waals surface area contributed by atoms with Crippen LogP contribution in [0.5, 0.6) is 0 Å². The summed E-state index contributed by atoms with van der Waals surface area (Å²) < 4.78 is 5.30. The first-order valence-electron chi connectivity index (χ1n) is 7.93. The third-order valence-electron chi connectivity index (χ3n) is 3.91. The van der Waals surface area contributed by atoms with Crippen LogP contribution in [0.3, 0.4) is 0 Å². The van der Waals surface area contributed by atoms with Gasteiger partial charge in [-0.05, 0) is 12.1 Å². The zero-order valence-electron chi connectivity index (χ0n) is 13.1. The first-order valence-corrected chi connectivity index (χ1v) is 7.93. The van der Waals surface area contributed by atoms with E-state index >= 15 is 0 Å². The Balaban J connectivity index is 1.53. The number of morpholine rings is 1. The van der Waals surface area contributed by atoms with Crippen LogP contribution in [0.4, 0.5) is 0 Å². The summed E-state index contributed by atoms with van der Waals surface area (Å²) in [4.78, 5) is 18.6. The average molecular weight is 311 g/mol. The zero-order valence-corrected chi connectivity index (χ0v) is 13.1. The molecule has 0 unspecified atom stereocenters. The number of aromatic nitrogens is 1. The lowest BCUT2D eigenvalue weighted by molar-refractivity contribution is -0.116. The maximum Gasteiger partial charge on any atom is 0.244 e. The fourth-order valence-corrected chi connectivity index (χ4v) is 2.65. The number of nitrogens with one attached hydrogen (secondary N) is 1. The number of para-hydroxylation sites is 1. The third kappa shape index (κ3) is 4.37. The van der Waals surface area contributed by atoms with Crippen molar-refractivity contribution in [3.63, 3.8) is 0 Å². The molecule has 1 aliphatic rings. The molecule has 1 fully saturated rings. The Kier molecular flexibility index (Phi) is 5.34. The molecule has 3 rings (SSSR count). The Bertz CT molecular complexity index is 688. The SMILES string of the molecule is O=C(/C=C\c1cccc2cccnc12)NCCN1CCOCC1. The van der Waals surface area contributed by atoms with Gasteiger partial charge in [0.25, 0.3) is 0 Å². The van der Waals surface area contributed by atoms with Crippen LogP contribution in [-0.2, 0) is 9.53 Å². The van der Waals surface area contributed by atoms with Gasteiger partial charge >= 0.3 is 0 Å².